The van der Waals surface area contributed by atoms with Crippen LogP contribution < -0.4 is 11.1 Å². The van der Waals surface area contributed by atoms with E-state index in [1.165, 1.54) is 5.69 Å². The normalized spacial score (nSPS) is 14.3. The van der Waals surface area contributed by atoms with E-state index in [0.717, 1.165) is 6.42 Å². The van der Waals surface area contributed by atoms with Gasteiger partial charge in [-0.3, -0.25) is 0 Å². The molecule has 0 aliphatic rings. The van der Waals surface area contributed by atoms with Crippen LogP contribution in [0.4, 0.5) is 0 Å². The zero-order valence-corrected chi connectivity index (χ0v) is 9.30. The first-order chi connectivity index (χ1) is 6.59. The van der Waals surface area contributed by atoms with E-state index in [2.05, 4.69) is 30.2 Å². The Kier molecular flexibility index (Phi) is 3.72. The average molecular weight is 195 g/mol. The number of aromatic nitrogens is 1. The molecule has 3 nitrogen and oxygen atoms in total. The summed E-state index contributed by atoms with van der Waals surface area (Å²) in [5.41, 5.74) is 7.13. The molecule has 1 aromatic heterocycles. The molecule has 1 atom stereocenters. The number of nitrogens with one attached hydrogen (secondary N) is 2. The molecule has 0 bridgehead atoms. The van der Waals surface area contributed by atoms with Crippen molar-refractivity contribution in [3.63, 3.8) is 0 Å². The molecule has 0 radical (unpaired) electrons. The molecule has 0 fully saturated rings. The van der Waals surface area contributed by atoms with Crippen LogP contribution in [-0.2, 0) is 0 Å². The smallest absolute Gasteiger partial charge is 0.0475 e. The molecule has 0 amide bonds. The quantitative estimate of drug-likeness (QED) is 0.669. The Morgan fingerprint density at radius 2 is 2.29 bits per heavy atom. The Hall–Kier alpha value is -0.800. The Bertz CT molecular complexity index is 252. The van der Waals surface area contributed by atoms with Crippen molar-refractivity contribution in [2.75, 3.05) is 13.6 Å². The number of H-pyrrole nitrogens is 1. The summed E-state index contributed by atoms with van der Waals surface area (Å²) >= 11 is 0. The molecule has 1 unspecified atom stereocenters. The van der Waals surface area contributed by atoms with Crippen molar-refractivity contribution in [3.05, 3.63) is 24.0 Å². The fraction of sp³-hybridized carbons (Fsp3) is 0.636. The molecule has 1 rings (SSSR count). The van der Waals surface area contributed by atoms with Crippen LogP contribution in [0.15, 0.2) is 18.3 Å². The van der Waals surface area contributed by atoms with E-state index in [9.17, 15) is 0 Å². The summed E-state index contributed by atoms with van der Waals surface area (Å²) in [4.78, 5) is 3.23. The highest BCUT2D eigenvalue weighted by Gasteiger charge is 2.22. The van der Waals surface area contributed by atoms with Gasteiger partial charge in [0.15, 0.2) is 0 Å². The van der Waals surface area contributed by atoms with Gasteiger partial charge in [0.05, 0.1) is 0 Å². The zero-order valence-electron chi connectivity index (χ0n) is 9.30. The van der Waals surface area contributed by atoms with Gasteiger partial charge in [0.2, 0.25) is 0 Å². The van der Waals surface area contributed by atoms with E-state index in [-0.39, 0.29) is 5.41 Å². The molecule has 80 valence electrons. The molecule has 4 N–H and O–H groups in total. The Morgan fingerprint density at radius 3 is 2.71 bits per heavy atom. The summed E-state index contributed by atoms with van der Waals surface area (Å²) in [6, 6.07) is 4.49. The molecule has 0 aromatic carbocycles. The van der Waals surface area contributed by atoms with Crippen LogP contribution in [-0.4, -0.2) is 18.6 Å². The summed E-state index contributed by atoms with van der Waals surface area (Å²) < 4.78 is 0. The van der Waals surface area contributed by atoms with Crippen LogP contribution in [0.25, 0.3) is 0 Å². The second-order valence-corrected chi connectivity index (χ2v) is 4.54. The van der Waals surface area contributed by atoms with Crippen LogP contribution in [0.5, 0.6) is 0 Å². The molecule has 1 aromatic rings. The Morgan fingerprint density at radius 1 is 1.57 bits per heavy atom. The lowest BCUT2D eigenvalue weighted by Gasteiger charge is -2.27. The van der Waals surface area contributed by atoms with Gasteiger partial charge in [-0.15, -0.1) is 0 Å². The van der Waals surface area contributed by atoms with Gasteiger partial charge >= 0.3 is 0 Å². The second kappa shape index (κ2) is 4.62. The van der Waals surface area contributed by atoms with E-state index < -0.39 is 0 Å². The zero-order chi connectivity index (χ0) is 10.6. The first-order valence-electron chi connectivity index (χ1n) is 5.09. The second-order valence-electron chi connectivity index (χ2n) is 4.54. The number of aromatic amines is 1. The molecule has 0 saturated carbocycles. The summed E-state index contributed by atoms with van der Waals surface area (Å²) in [5.74, 6) is 0. The van der Waals surface area contributed by atoms with Crippen molar-refractivity contribution in [2.24, 2.45) is 11.1 Å². The van der Waals surface area contributed by atoms with Crippen LogP contribution in [0.3, 0.4) is 0 Å². The van der Waals surface area contributed by atoms with Crippen molar-refractivity contribution >= 4 is 0 Å². The third-order valence-electron chi connectivity index (χ3n) is 2.66. The predicted molar refractivity (Wildman–Crippen MR) is 60.0 cm³/mol. The highest BCUT2D eigenvalue weighted by atomic mass is 14.9. The van der Waals surface area contributed by atoms with Crippen molar-refractivity contribution in [1.29, 1.82) is 0 Å². The van der Waals surface area contributed by atoms with Gasteiger partial charge in [-0.25, -0.2) is 0 Å². The van der Waals surface area contributed by atoms with E-state index in [1.807, 2.05) is 19.3 Å². The highest BCUT2D eigenvalue weighted by molar-refractivity contribution is 5.09. The van der Waals surface area contributed by atoms with Crippen LogP contribution in [0.1, 0.15) is 32.0 Å². The molecule has 3 heteroatoms. The molecule has 0 spiro atoms. The van der Waals surface area contributed by atoms with Crippen LogP contribution in [0.2, 0.25) is 0 Å². The minimum atomic E-state index is 0.179. The third-order valence-corrected chi connectivity index (χ3v) is 2.66. The van der Waals surface area contributed by atoms with Gasteiger partial charge in [-0.05, 0) is 37.6 Å². The third kappa shape index (κ3) is 2.86. The lowest BCUT2D eigenvalue weighted by molar-refractivity contribution is 0.296. The first-order valence-corrected chi connectivity index (χ1v) is 5.09. The van der Waals surface area contributed by atoms with E-state index >= 15 is 0 Å². The standard InChI is InChI=1S/C11H21N3/c1-11(2,8-12)7-10(13-3)9-5-4-6-14-9/h4-6,10,13-14H,7-8,12H2,1-3H3. The maximum Gasteiger partial charge on any atom is 0.0475 e. The van der Waals surface area contributed by atoms with Crippen LogP contribution >= 0.6 is 0 Å². The lowest BCUT2D eigenvalue weighted by Crippen LogP contribution is -2.30. The average Bonchev–Trinajstić information content (AvgIpc) is 2.67. The van der Waals surface area contributed by atoms with Crippen molar-refractivity contribution in [1.82, 2.24) is 10.3 Å². The minimum Gasteiger partial charge on any atom is -0.364 e. The molecular weight excluding hydrogens is 174 g/mol. The fourth-order valence-electron chi connectivity index (χ4n) is 1.56. The fourth-order valence-corrected chi connectivity index (χ4v) is 1.56. The lowest BCUT2D eigenvalue weighted by atomic mass is 9.85. The highest BCUT2D eigenvalue weighted by Crippen LogP contribution is 2.27. The first kappa shape index (κ1) is 11.3. The summed E-state index contributed by atoms with van der Waals surface area (Å²) in [6.07, 6.45) is 3.00. The molecule has 14 heavy (non-hydrogen) atoms. The Labute approximate surface area is 86.1 Å². The van der Waals surface area contributed by atoms with Gasteiger partial charge in [0.1, 0.15) is 0 Å². The number of hydrogen-bond acceptors (Lipinski definition) is 2. The van der Waals surface area contributed by atoms with Gasteiger partial charge in [0, 0.05) is 17.9 Å². The van der Waals surface area contributed by atoms with E-state index in [4.69, 9.17) is 5.73 Å². The molecule has 0 saturated heterocycles. The SMILES string of the molecule is CNC(CC(C)(C)CN)c1ccc[nH]1. The maximum absolute atomic E-state index is 5.72. The van der Waals surface area contributed by atoms with Gasteiger partial charge in [-0.2, -0.15) is 0 Å². The Balaban J connectivity index is 2.65. The summed E-state index contributed by atoms with van der Waals surface area (Å²) in [7, 11) is 1.98. The summed E-state index contributed by atoms with van der Waals surface area (Å²) in [6.45, 7) is 5.10. The monoisotopic (exact) mass is 195 g/mol. The molecule has 1 heterocycles. The molecule has 0 aliphatic heterocycles. The van der Waals surface area contributed by atoms with Crippen molar-refractivity contribution in [2.45, 2.75) is 26.3 Å². The predicted octanol–water partition coefficient (Wildman–Crippen LogP) is 1.65. The maximum atomic E-state index is 5.72. The molecule has 0 aliphatic carbocycles. The number of nitrogens with two attached hydrogens (primary N) is 1. The number of hydrogen-bond donors (Lipinski definition) is 3. The van der Waals surface area contributed by atoms with Crippen LogP contribution in [0, 0.1) is 5.41 Å². The summed E-state index contributed by atoms with van der Waals surface area (Å²) in [5, 5.41) is 3.31. The molecular formula is C11H21N3. The van der Waals surface area contributed by atoms with E-state index in [0.29, 0.717) is 12.6 Å². The van der Waals surface area contributed by atoms with Gasteiger partial charge in [-0.1, -0.05) is 13.8 Å². The number of rotatable bonds is 5. The van der Waals surface area contributed by atoms with Crippen molar-refractivity contribution in [3.8, 4) is 0 Å². The van der Waals surface area contributed by atoms with E-state index in [1.54, 1.807) is 0 Å². The largest absolute Gasteiger partial charge is 0.364 e. The minimum absolute atomic E-state index is 0.179. The van der Waals surface area contributed by atoms with Gasteiger partial charge < -0.3 is 16.0 Å². The van der Waals surface area contributed by atoms with Gasteiger partial charge in [0.25, 0.3) is 0 Å². The topological polar surface area (TPSA) is 53.8 Å². The van der Waals surface area contributed by atoms with Crippen molar-refractivity contribution < 1.29 is 0 Å².